The van der Waals surface area contributed by atoms with Crippen LogP contribution in [0.2, 0.25) is 0 Å². The maximum atomic E-state index is 14.0. The number of nitrogens with one attached hydrogen (secondary N) is 1. The van der Waals surface area contributed by atoms with Crippen molar-refractivity contribution in [1.29, 1.82) is 0 Å². The Morgan fingerprint density at radius 3 is 2.83 bits per heavy atom. The van der Waals surface area contributed by atoms with Gasteiger partial charge in [0, 0.05) is 24.5 Å². The number of hydrogen-bond donors (Lipinski definition) is 1. The lowest BCUT2D eigenvalue weighted by atomic mass is 9.95. The van der Waals surface area contributed by atoms with Gasteiger partial charge in [-0.3, -0.25) is 14.0 Å². The molecule has 3 aromatic heterocycles. The fourth-order valence-electron chi connectivity index (χ4n) is 3.85. The highest BCUT2D eigenvalue weighted by Gasteiger charge is 2.31. The second-order valence-corrected chi connectivity index (χ2v) is 7.12. The summed E-state index contributed by atoms with van der Waals surface area (Å²) in [7, 11) is 1.60. The molecule has 1 atom stereocenters. The number of amides is 1. The number of H-pyrrole nitrogens is 1. The van der Waals surface area contributed by atoms with Crippen molar-refractivity contribution in [1.82, 2.24) is 24.5 Å². The number of nitrogens with zero attached hydrogens (tertiary/aromatic N) is 4. The second kappa shape index (κ2) is 6.70. The Labute approximate surface area is 167 Å². The van der Waals surface area contributed by atoms with Crippen molar-refractivity contribution in [2.45, 2.75) is 12.6 Å². The van der Waals surface area contributed by atoms with E-state index in [0.29, 0.717) is 22.5 Å². The number of carbonyl (C=O) groups excluding carboxylic acids is 1. The topological polar surface area (TPSA) is 92.6 Å². The molecule has 30 heavy (non-hydrogen) atoms. The van der Waals surface area contributed by atoms with Gasteiger partial charge in [0.2, 0.25) is 0 Å². The Bertz CT molecular complexity index is 1380. The van der Waals surface area contributed by atoms with E-state index in [4.69, 9.17) is 4.74 Å². The number of ether oxygens (including phenoxy) is 1. The van der Waals surface area contributed by atoms with E-state index in [9.17, 15) is 18.4 Å². The highest BCUT2D eigenvalue weighted by atomic mass is 19.2. The standard InChI is InChI=1S/C20H15F2N5O3/c1-26(20(29)10-2-3-17-25-23-9-27(17)6-10)16-8-30-7-15-18(16)11-4-13(21)14(22)5-12(11)19(28)24-15/h2-6,9,16H,7-8H2,1H3,(H,24,28). The van der Waals surface area contributed by atoms with E-state index < -0.39 is 23.2 Å². The summed E-state index contributed by atoms with van der Waals surface area (Å²) in [4.78, 5) is 29.6. The molecule has 1 aliphatic heterocycles. The average Bonchev–Trinajstić information content (AvgIpc) is 3.21. The molecule has 1 unspecified atom stereocenters. The van der Waals surface area contributed by atoms with Crippen molar-refractivity contribution in [3.05, 3.63) is 75.6 Å². The van der Waals surface area contributed by atoms with Crippen molar-refractivity contribution in [3.8, 4) is 0 Å². The van der Waals surface area contributed by atoms with Crippen molar-refractivity contribution in [2.75, 3.05) is 13.7 Å². The van der Waals surface area contributed by atoms with Crippen LogP contribution in [-0.2, 0) is 11.3 Å². The molecule has 0 radical (unpaired) electrons. The van der Waals surface area contributed by atoms with Crippen LogP contribution in [0.15, 0.2) is 41.6 Å². The van der Waals surface area contributed by atoms with Crippen molar-refractivity contribution >= 4 is 22.3 Å². The van der Waals surface area contributed by atoms with E-state index in [1.165, 1.54) is 11.2 Å². The predicted octanol–water partition coefficient (Wildman–Crippen LogP) is 2.19. The lowest BCUT2D eigenvalue weighted by molar-refractivity contribution is 0.0335. The first-order chi connectivity index (χ1) is 14.4. The van der Waals surface area contributed by atoms with Crippen LogP contribution >= 0.6 is 0 Å². The third-order valence-corrected chi connectivity index (χ3v) is 5.37. The van der Waals surface area contributed by atoms with E-state index in [0.717, 1.165) is 12.1 Å². The average molecular weight is 411 g/mol. The summed E-state index contributed by atoms with van der Waals surface area (Å²) in [5.41, 5.74) is 1.42. The van der Waals surface area contributed by atoms with Gasteiger partial charge in [0.1, 0.15) is 6.33 Å². The van der Waals surface area contributed by atoms with E-state index in [1.54, 1.807) is 29.8 Å². The van der Waals surface area contributed by atoms with Crippen LogP contribution in [0, 0.1) is 11.6 Å². The highest BCUT2D eigenvalue weighted by Crippen LogP contribution is 2.34. The molecule has 0 spiro atoms. The van der Waals surface area contributed by atoms with Gasteiger partial charge < -0.3 is 14.6 Å². The largest absolute Gasteiger partial charge is 0.373 e. The van der Waals surface area contributed by atoms with E-state index >= 15 is 0 Å². The summed E-state index contributed by atoms with van der Waals surface area (Å²) in [6, 6.07) is 4.57. The zero-order chi connectivity index (χ0) is 21.0. The summed E-state index contributed by atoms with van der Waals surface area (Å²) in [5, 5.41) is 7.98. The van der Waals surface area contributed by atoms with Gasteiger partial charge in [-0.25, -0.2) is 8.78 Å². The number of pyridine rings is 2. The lowest BCUT2D eigenvalue weighted by Gasteiger charge is -2.33. The molecule has 1 amide bonds. The summed E-state index contributed by atoms with van der Waals surface area (Å²) in [6.07, 6.45) is 3.10. The number of carbonyl (C=O) groups is 1. The molecule has 0 fully saturated rings. The SMILES string of the molecule is CN(C(=O)c1ccc2nncn2c1)C1COCc2[nH]c(=O)c3cc(F)c(F)cc3c21. The van der Waals surface area contributed by atoms with Gasteiger partial charge in [-0.2, -0.15) is 0 Å². The van der Waals surface area contributed by atoms with Gasteiger partial charge in [0.05, 0.1) is 30.2 Å². The summed E-state index contributed by atoms with van der Waals surface area (Å²) in [5.74, 6) is -2.48. The molecule has 1 N–H and O–H groups in total. The Hall–Kier alpha value is -3.66. The molecule has 1 aromatic carbocycles. The number of likely N-dealkylation sites (N-methyl/N-ethyl adjacent to an activating group) is 1. The Morgan fingerprint density at radius 2 is 2.03 bits per heavy atom. The number of rotatable bonds is 2. The summed E-state index contributed by atoms with van der Waals surface area (Å²) >= 11 is 0. The molecule has 10 heteroatoms. The zero-order valence-corrected chi connectivity index (χ0v) is 15.7. The molecule has 5 rings (SSSR count). The van der Waals surface area contributed by atoms with Gasteiger partial charge >= 0.3 is 0 Å². The quantitative estimate of drug-likeness (QED) is 0.546. The first-order valence-electron chi connectivity index (χ1n) is 9.12. The number of halogens is 2. The van der Waals surface area contributed by atoms with Crippen LogP contribution in [0.3, 0.4) is 0 Å². The molecule has 0 aliphatic carbocycles. The van der Waals surface area contributed by atoms with E-state index in [-0.39, 0.29) is 29.9 Å². The summed E-state index contributed by atoms with van der Waals surface area (Å²) < 4.78 is 34.9. The molecule has 4 aromatic rings. The maximum Gasteiger partial charge on any atom is 0.256 e. The van der Waals surface area contributed by atoms with E-state index in [1.807, 2.05) is 0 Å². The van der Waals surface area contributed by atoms with Gasteiger partial charge in [-0.1, -0.05) is 0 Å². The lowest BCUT2D eigenvalue weighted by Crippen LogP contribution is -2.37. The first kappa shape index (κ1) is 18.4. The van der Waals surface area contributed by atoms with Gasteiger partial charge in [0.25, 0.3) is 11.5 Å². The van der Waals surface area contributed by atoms with Crippen LogP contribution in [0.1, 0.15) is 27.7 Å². The summed E-state index contributed by atoms with van der Waals surface area (Å²) in [6.45, 7) is 0.245. The smallest absolute Gasteiger partial charge is 0.256 e. The molecule has 4 heterocycles. The number of aromatic nitrogens is 4. The monoisotopic (exact) mass is 411 g/mol. The maximum absolute atomic E-state index is 14.0. The van der Waals surface area contributed by atoms with Crippen LogP contribution in [0.4, 0.5) is 8.78 Å². The number of aromatic amines is 1. The van der Waals surface area contributed by atoms with Crippen molar-refractivity contribution in [3.63, 3.8) is 0 Å². The molecule has 1 aliphatic rings. The van der Waals surface area contributed by atoms with Gasteiger partial charge in [-0.15, -0.1) is 10.2 Å². The minimum atomic E-state index is -1.11. The van der Waals surface area contributed by atoms with Crippen LogP contribution < -0.4 is 5.56 Å². The van der Waals surface area contributed by atoms with Crippen molar-refractivity contribution < 1.29 is 18.3 Å². The molecule has 152 valence electrons. The Kier molecular flexibility index (Phi) is 4.10. The van der Waals surface area contributed by atoms with E-state index in [2.05, 4.69) is 15.2 Å². The molecule has 0 saturated heterocycles. The van der Waals surface area contributed by atoms with Gasteiger partial charge in [-0.05, 0) is 29.7 Å². The van der Waals surface area contributed by atoms with Crippen LogP contribution in [-0.4, -0.2) is 44.0 Å². The Balaban J connectivity index is 1.62. The third kappa shape index (κ3) is 2.76. The van der Waals surface area contributed by atoms with Gasteiger partial charge in [0.15, 0.2) is 17.3 Å². The zero-order valence-electron chi connectivity index (χ0n) is 15.7. The number of fused-ring (bicyclic) bond motifs is 4. The molecular formula is C20H15F2N5O3. The minimum absolute atomic E-state index is 0.0197. The molecule has 0 saturated carbocycles. The predicted molar refractivity (Wildman–Crippen MR) is 102 cm³/mol. The minimum Gasteiger partial charge on any atom is -0.373 e. The fourth-order valence-corrected chi connectivity index (χ4v) is 3.85. The number of benzene rings is 1. The van der Waals surface area contributed by atoms with Crippen LogP contribution in [0.25, 0.3) is 16.4 Å². The molecule has 0 bridgehead atoms. The van der Waals surface area contributed by atoms with Crippen LogP contribution in [0.5, 0.6) is 0 Å². The second-order valence-electron chi connectivity index (χ2n) is 7.12. The third-order valence-electron chi connectivity index (χ3n) is 5.37. The van der Waals surface area contributed by atoms with Crippen molar-refractivity contribution in [2.24, 2.45) is 0 Å². The number of hydrogen-bond acceptors (Lipinski definition) is 5. The highest BCUT2D eigenvalue weighted by molar-refractivity contribution is 5.95. The molecule has 8 nitrogen and oxygen atoms in total. The Morgan fingerprint density at radius 1 is 1.27 bits per heavy atom. The molecular weight excluding hydrogens is 396 g/mol. The first-order valence-corrected chi connectivity index (χ1v) is 9.12. The fraction of sp³-hybridized carbons (Fsp3) is 0.200. The normalized spacial score (nSPS) is 16.0.